The number of hydrogen-bond acceptors (Lipinski definition) is 3. The summed E-state index contributed by atoms with van der Waals surface area (Å²) in [6.45, 7) is 12.8. The minimum absolute atomic E-state index is 0.177. The van der Waals surface area contributed by atoms with Crippen molar-refractivity contribution in [1.82, 2.24) is 10.2 Å². The Hall–Kier alpha value is -0.120. The van der Waals surface area contributed by atoms with Crippen LogP contribution in [-0.4, -0.2) is 48.3 Å². The Morgan fingerprint density at radius 3 is 2.20 bits per heavy atom. The summed E-state index contributed by atoms with van der Waals surface area (Å²) in [4.78, 5) is 2.31. The molecule has 2 N–H and O–H groups in total. The average molecular weight is 216 g/mol. The molecule has 2 unspecified atom stereocenters. The van der Waals surface area contributed by atoms with E-state index < -0.39 is 0 Å². The second-order valence-corrected chi connectivity index (χ2v) is 5.15. The highest BCUT2D eigenvalue weighted by molar-refractivity contribution is 4.86. The second kappa shape index (κ2) is 6.46. The van der Waals surface area contributed by atoms with E-state index in [9.17, 15) is 5.11 Å². The van der Waals surface area contributed by atoms with Gasteiger partial charge in [0.05, 0.1) is 12.1 Å². The molecule has 0 aromatic carbocycles. The molecule has 0 bridgehead atoms. The molecule has 0 aliphatic rings. The van der Waals surface area contributed by atoms with Gasteiger partial charge in [0.15, 0.2) is 0 Å². The topological polar surface area (TPSA) is 35.5 Å². The summed E-state index contributed by atoms with van der Waals surface area (Å²) in [5, 5.41) is 12.7. The predicted molar refractivity (Wildman–Crippen MR) is 66.1 cm³/mol. The maximum Gasteiger partial charge on any atom is 0.0623 e. The third kappa shape index (κ3) is 4.96. The standard InChI is InChI=1S/C12H28N2O/c1-7-13-12(5,9-15)8-14(6)11(4)10(2)3/h10-11,13,15H,7-9H2,1-6H3. The Morgan fingerprint density at radius 2 is 1.87 bits per heavy atom. The maximum absolute atomic E-state index is 9.40. The van der Waals surface area contributed by atoms with Crippen LogP contribution in [0.4, 0.5) is 0 Å². The maximum atomic E-state index is 9.40. The first-order valence-corrected chi connectivity index (χ1v) is 5.92. The molecule has 0 radical (unpaired) electrons. The first kappa shape index (κ1) is 14.9. The van der Waals surface area contributed by atoms with E-state index in [2.05, 4.69) is 51.9 Å². The first-order valence-electron chi connectivity index (χ1n) is 5.92. The number of aliphatic hydroxyl groups is 1. The largest absolute Gasteiger partial charge is 0.394 e. The van der Waals surface area contributed by atoms with Crippen LogP contribution < -0.4 is 5.32 Å². The van der Waals surface area contributed by atoms with Crippen molar-refractivity contribution in [1.29, 1.82) is 0 Å². The highest BCUT2D eigenvalue weighted by Gasteiger charge is 2.26. The predicted octanol–water partition coefficient (Wildman–Crippen LogP) is 1.32. The average Bonchev–Trinajstić information content (AvgIpc) is 2.16. The van der Waals surface area contributed by atoms with Gasteiger partial charge in [-0.25, -0.2) is 0 Å². The zero-order valence-electron chi connectivity index (χ0n) is 11.2. The van der Waals surface area contributed by atoms with Gasteiger partial charge in [0, 0.05) is 12.6 Å². The number of nitrogens with one attached hydrogen (secondary N) is 1. The molecular weight excluding hydrogens is 188 g/mol. The van der Waals surface area contributed by atoms with E-state index >= 15 is 0 Å². The smallest absolute Gasteiger partial charge is 0.0623 e. The quantitative estimate of drug-likeness (QED) is 0.674. The summed E-state index contributed by atoms with van der Waals surface area (Å²) in [6.07, 6.45) is 0. The van der Waals surface area contributed by atoms with E-state index in [4.69, 9.17) is 0 Å². The van der Waals surface area contributed by atoms with Gasteiger partial charge in [-0.1, -0.05) is 20.8 Å². The Labute approximate surface area is 94.9 Å². The van der Waals surface area contributed by atoms with Gasteiger partial charge in [0.1, 0.15) is 0 Å². The fourth-order valence-electron chi connectivity index (χ4n) is 1.79. The third-order valence-electron chi connectivity index (χ3n) is 3.21. The van der Waals surface area contributed by atoms with E-state index in [1.165, 1.54) is 0 Å². The van der Waals surface area contributed by atoms with Crippen molar-refractivity contribution in [3.63, 3.8) is 0 Å². The molecule has 0 aromatic rings. The van der Waals surface area contributed by atoms with Crippen molar-refractivity contribution in [2.75, 3.05) is 26.7 Å². The lowest BCUT2D eigenvalue weighted by Gasteiger charge is -2.37. The molecule has 0 saturated heterocycles. The van der Waals surface area contributed by atoms with Gasteiger partial charge in [-0.05, 0) is 33.4 Å². The highest BCUT2D eigenvalue weighted by atomic mass is 16.3. The summed E-state index contributed by atoms with van der Waals surface area (Å²) >= 11 is 0. The molecule has 0 heterocycles. The molecule has 2 atom stereocenters. The summed E-state index contributed by atoms with van der Waals surface area (Å²) < 4.78 is 0. The Balaban J connectivity index is 4.28. The number of rotatable bonds is 7. The van der Waals surface area contributed by atoms with Crippen LogP contribution >= 0.6 is 0 Å². The summed E-state index contributed by atoms with van der Waals surface area (Å²) in [5.74, 6) is 0.638. The first-order chi connectivity index (χ1) is 6.86. The number of likely N-dealkylation sites (N-methyl/N-ethyl adjacent to an activating group) is 2. The van der Waals surface area contributed by atoms with Crippen LogP contribution in [0.2, 0.25) is 0 Å². The zero-order valence-corrected chi connectivity index (χ0v) is 11.2. The minimum atomic E-state index is -0.188. The lowest BCUT2D eigenvalue weighted by Crippen LogP contribution is -2.55. The van der Waals surface area contributed by atoms with Crippen molar-refractivity contribution in [2.24, 2.45) is 5.92 Å². The van der Waals surface area contributed by atoms with Crippen molar-refractivity contribution in [3.8, 4) is 0 Å². The van der Waals surface area contributed by atoms with E-state index in [-0.39, 0.29) is 12.1 Å². The van der Waals surface area contributed by atoms with Crippen LogP contribution in [0.15, 0.2) is 0 Å². The van der Waals surface area contributed by atoms with E-state index in [1.54, 1.807) is 0 Å². The third-order valence-corrected chi connectivity index (χ3v) is 3.21. The fraction of sp³-hybridized carbons (Fsp3) is 1.00. The Morgan fingerprint density at radius 1 is 1.33 bits per heavy atom. The molecule has 3 nitrogen and oxygen atoms in total. The van der Waals surface area contributed by atoms with Gasteiger partial charge in [-0.2, -0.15) is 0 Å². The molecule has 0 spiro atoms. The van der Waals surface area contributed by atoms with Crippen LogP contribution in [0.3, 0.4) is 0 Å². The van der Waals surface area contributed by atoms with Crippen LogP contribution in [0.5, 0.6) is 0 Å². The summed E-state index contributed by atoms with van der Waals surface area (Å²) in [6, 6.07) is 0.537. The van der Waals surface area contributed by atoms with Crippen molar-refractivity contribution in [3.05, 3.63) is 0 Å². The molecule has 92 valence electrons. The van der Waals surface area contributed by atoms with Gasteiger partial charge in [0.25, 0.3) is 0 Å². The number of aliphatic hydroxyl groups excluding tert-OH is 1. The Kier molecular flexibility index (Phi) is 6.41. The molecule has 0 aromatic heterocycles. The van der Waals surface area contributed by atoms with Crippen molar-refractivity contribution >= 4 is 0 Å². The van der Waals surface area contributed by atoms with Crippen LogP contribution in [0.1, 0.15) is 34.6 Å². The molecule has 3 heteroatoms. The second-order valence-electron chi connectivity index (χ2n) is 5.15. The van der Waals surface area contributed by atoms with Gasteiger partial charge in [-0.3, -0.25) is 0 Å². The van der Waals surface area contributed by atoms with Gasteiger partial charge < -0.3 is 15.3 Å². The molecular formula is C12H28N2O. The molecule has 0 aliphatic carbocycles. The van der Waals surface area contributed by atoms with Crippen LogP contribution in [0.25, 0.3) is 0 Å². The molecule has 0 saturated carbocycles. The summed E-state index contributed by atoms with van der Waals surface area (Å²) in [5.41, 5.74) is -0.188. The monoisotopic (exact) mass is 216 g/mol. The SMILES string of the molecule is CCNC(C)(CO)CN(C)C(C)C(C)C. The van der Waals surface area contributed by atoms with Crippen molar-refractivity contribution in [2.45, 2.75) is 46.2 Å². The van der Waals surface area contributed by atoms with Crippen LogP contribution in [0, 0.1) is 5.92 Å². The minimum Gasteiger partial charge on any atom is -0.394 e. The zero-order chi connectivity index (χ0) is 12.1. The van der Waals surface area contributed by atoms with Gasteiger partial charge >= 0.3 is 0 Å². The van der Waals surface area contributed by atoms with E-state index in [0.29, 0.717) is 12.0 Å². The van der Waals surface area contributed by atoms with E-state index in [0.717, 1.165) is 13.1 Å². The fourth-order valence-corrected chi connectivity index (χ4v) is 1.79. The number of hydrogen-bond donors (Lipinski definition) is 2. The lowest BCUT2D eigenvalue weighted by atomic mass is 9.99. The van der Waals surface area contributed by atoms with E-state index in [1.807, 2.05) is 0 Å². The molecule has 0 amide bonds. The van der Waals surface area contributed by atoms with Gasteiger partial charge in [-0.15, -0.1) is 0 Å². The van der Waals surface area contributed by atoms with Crippen molar-refractivity contribution < 1.29 is 5.11 Å². The molecule has 0 rings (SSSR count). The highest BCUT2D eigenvalue weighted by Crippen LogP contribution is 2.12. The van der Waals surface area contributed by atoms with Crippen LogP contribution in [-0.2, 0) is 0 Å². The molecule has 0 fully saturated rings. The Bertz CT molecular complexity index is 173. The number of nitrogens with zero attached hydrogens (tertiary/aromatic N) is 1. The van der Waals surface area contributed by atoms with Gasteiger partial charge in [0.2, 0.25) is 0 Å². The molecule has 15 heavy (non-hydrogen) atoms. The molecule has 0 aliphatic heterocycles. The normalized spacial score (nSPS) is 18.2. The lowest BCUT2D eigenvalue weighted by molar-refractivity contribution is 0.104. The summed E-state index contributed by atoms with van der Waals surface area (Å²) in [7, 11) is 2.12.